The molecule has 0 unspecified atom stereocenters. The van der Waals surface area contributed by atoms with E-state index in [4.69, 9.17) is 4.74 Å². The number of fused-ring (bicyclic) bond motifs is 1. The number of anilines is 1. The van der Waals surface area contributed by atoms with Gasteiger partial charge < -0.3 is 10.1 Å². The van der Waals surface area contributed by atoms with Crippen molar-refractivity contribution in [1.29, 1.82) is 0 Å². The molecule has 0 saturated carbocycles. The van der Waals surface area contributed by atoms with Crippen LogP contribution < -0.4 is 10.1 Å². The molecule has 3 rings (SSSR count). The van der Waals surface area contributed by atoms with E-state index in [1.54, 1.807) is 0 Å². The van der Waals surface area contributed by atoms with Crippen molar-refractivity contribution in [3.8, 4) is 5.88 Å². The van der Waals surface area contributed by atoms with E-state index < -0.39 is 0 Å². The SMILES string of the molecule is Cc1cc2nc(OC(C)C)c(C(=O)Nc3ccccc3C)nc2cc1C. The molecule has 1 N–H and O–H groups in total. The van der Waals surface area contributed by atoms with Gasteiger partial charge in [0.2, 0.25) is 5.88 Å². The van der Waals surface area contributed by atoms with E-state index >= 15 is 0 Å². The quantitative estimate of drug-likeness (QED) is 0.748. The van der Waals surface area contributed by atoms with Gasteiger partial charge in [-0.2, -0.15) is 0 Å². The second-order valence-corrected chi connectivity index (χ2v) is 6.74. The van der Waals surface area contributed by atoms with Gasteiger partial charge in [-0.25, -0.2) is 9.97 Å². The van der Waals surface area contributed by atoms with E-state index in [9.17, 15) is 4.79 Å². The molecule has 5 nitrogen and oxygen atoms in total. The van der Waals surface area contributed by atoms with Gasteiger partial charge in [-0.15, -0.1) is 0 Å². The second kappa shape index (κ2) is 7.12. The minimum Gasteiger partial charge on any atom is -0.473 e. The normalized spacial score (nSPS) is 11.0. The molecule has 1 heterocycles. The molecule has 1 amide bonds. The molecule has 0 aliphatic carbocycles. The van der Waals surface area contributed by atoms with Crippen molar-refractivity contribution in [2.45, 2.75) is 40.7 Å². The topological polar surface area (TPSA) is 64.1 Å². The summed E-state index contributed by atoms with van der Waals surface area (Å²) < 4.78 is 5.78. The molecule has 0 aliphatic heterocycles. The molecule has 0 saturated heterocycles. The van der Waals surface area contributed by atoms with Crippen molar-refractivity contribution in [2.24, 2.45) is 0 Å². The summed E-state index contributed by atoms with van der Waals surface area (Å²) in [6.45, 7) is 9.78. The molecule has 0 aliphatic rings. The summed E-state index contributed by atoms with van der Waals surface area (Å²) in [7, 11) is 0. The summed E-state index contributed by atoms with van der Waals surface area (Å²) in [5.74, 6) is -0.0792. The lowest BCUT2D eigenvalue weighted by Gasteiger charge is -2.14. The minimum atomic E-state index is -0.331. The maximum absolute atomic E-state index is 12.9. The Hall–Kier alpha value is -2.95. The van der Waals surface area contributed by atoms with E-state index in [0.717, 1.165) is 27.9 Å². The summed E-state index contributed by atoms with van der Waals surface area (Å²) in [5, 5.41) is 2.91. The van der Waals surface area contributed by atoms with Crippen LogP contribution in [0.25, 0.3) is 11.0 Å². The Morgan fingerprint density at radius 3 is 2.19 bits per heavy atom. The third kappa shape index (κ3) is 3.67. The smallest absolute Gasteiger partial charge is 0.279 e. The number of hydrogen-bond acceptors (Lipinski definition) is 4. The molecule has 0 bridgehead atoms. The highest BCUT2D eigenvalue weighted by atomic mass is 16.5. The standard InChI is InChI=1S/C21H23N3O2/c1-12(2)26-21-19(20(25)23-16-9-7-6-8-13(16)3)22-17-10-14(4)15(5)11-18(17)24-21/h6-12H,1-5H3,(H,23,25). The first-order chi connectivity index (χ1) is 12.3. The number of hydrogen-bond donors (Lipinski definition) is 1. The number of nitrogens with zero attached hydrogens (tertiary/aromatic N) is 2. The lowest BCUT2D eigenvalue weighted by molar-refractivity contribution is 0.101. The Labute approximate surface area is 153 Å². The Bertz CT molecular complexity index is 980. The number of aryl methyl sites for hydroxylation is 3. The van der Waals surface area contributed by atoms with Crippen LogP contribution in [0.15, 0.2) is 36.4 Å². The first-order valence-corrected chi connectivity index (χ1v) is 8.68. The molecule has 134 valence electrons. The number of carbonyl (C=O) groups is 1. The Morgan fingerprint density at radius 1 is 0.962 bits per heavy atom. The second-order valence-electron chi connectivity index (χ2n) is 6.74. The zero-order chi connectivity index (χ0) is 18.8. The number of nitrogens with one attached hydrogen (secondary N) is 1. The Balaban J connectivity index is 2.08. The maximum Gasteiger partial charge on any atom is 0.279 e. The van der Waals surface area contributed by atoms with Crippen molar-refractivity contribution in [2.75, 3.05) is 5.32 Å². The molecule has 2 aromatic carbocycles. The van der Waals surface area contributed by atoms with Gasteiger partial charge in [0.15, 0.2) is 5.69 Å². The number of aromatic nitrogens is 2. The monoisotopic (exact) mass is 349 g/mol. The number of rotatable bonds is 4. The fourth-order valence-corrected chi connectivity index (χ4v) is 2.64. The summed E-state index contributed by atoms with van der Waals surface area (Å²) in [5.41, 5.74) is 5.55. The van der Waals surface area contributed by atoms with Gasteiger partial charge in [-0.05, 0) is 69.5 Å². The average molecular weight is 349 g/mol. The van der Waals surface area contributed by atoms with Crippen LogP contribution in [0, 0.1) is 20.8 Å². The third-order valence-electron chi connectivity index (χ3n) is 4.20. The van der Waals surface area contributed by atoms with E-state index in [-0.39, 0.29) is 23.6 Å². The molecular formula is C21H23N3O2. The van der Waals surface area contributed by atoms with Crippen LogP contribution in [0.2, 0.25) is 0 Å². The molecule has 26 heavy (non-hydrogen) atoms. The fourth-order valence-electron chi connectivity index (χ4n) is 2.64. The predicted octanol–water partition coefficient (Wildman–Crippen LogP) is 4.59. The van der Waals surface area contributed by atoms with Crippen LogP contribution in [0.3, 0.4) is 0 Å². The van der Waals surface area contributed by atoms with Crippen LogP contribution in [-0.2, 0) is 0 Å². The molecule has 0 fully saturated rings. The van der Waals surface area contributed by atoms with Gasteiger partial charge in [0, 0.05) is 5.69 Å². The summed E-state index contributed by atoms with van der Waals surface area (Å²) >= 11 is 0. The van der Waals surface area contributed by atoms with Crippen molar-refractivity contribution in [3.63, 3.8) is 0 Å². The molecular weight excluding hydrogens is 326 g/mol. The van der Waals surface area contributed by atoms with E-state index in [1.165, 1.54) is 0 Å². The van der Waals surface area contributed by atoms with Crippen LogP contribution in [0.4, 0.5) is 5.69 Å². The van der Waals surface area contributed by atoms with Crippen molar-refractivity contribution in [1.82, 2.24) is 9.97 Å². The number of benzene rings is 2. The van der Waals surface area contributed by atoms with Gasteiger partial charge in [0.05, 0.1) is 17.1 Å². The van der Waals surface area contributed by atoms with Gasteiger partial charge in [0.1, 0.15) is 0 Å². The molecule has 0 radical (unpaired) electrons. The molecule has 5 heteroatoms. The minimum absolute atomic E-state index is 0.113. The number of ether oxygens (including phenoxy) is 1. The Morgan fingerprint density at radius 2 is 1.58 bits per heavy atom. The number of carbonyl (C=O) groups excluding carboxylic acids is 1. The maximum atomic E-state index is 12.9. The van der Waals surface area contributed by atoms with Gasteiger partial charge in [0.25, 0.3) is 5.91 Å². The summed E-state index contributed by atoms with van der Waals surface area (Å²) in [6.07, 6.45) is -0.113. The van der Waals surface area contributed by atoms with Crippen LogP contribution >= 0.6 is 0 Å². The van der Waals surface area contributed by atoms with E-state index in [1.807, 2.05) is 71.0 Å². The zero-order valence-corrected chi connectivity index (χ0v) is 15.8. The van der Waals surface area contributed by atoms with E-state index in [0.29, 0.717) is 5.52 Å². The highest BCUT2D eigenvalue weighted by molar-refractivity contribution is 6.05. The summed E-state index contributed by atoms with van der Waals surface area (Å²) in [4.78, 5) is 22.0. The fraction of sp³-hybridized carbons (Fsp3) is 0.286. The average Bonchev–Trinajstić information content (AvgIpc) is 2.57. The Kier molecular flexibility index (Phi) is 4.89. The zero-order valence-electron chi connectivity index (χ0n) is 15.8. The largest absolute Gasteiger partial charge is 0.473 e. The van der Waals surface area contributed by atoms with Gasteiger partial charge >= 0.3 is 0 Å². The van der Waals surface area contributed by atoms with E-state index in [2.05, 4.69) is 15.3 Å². The third-order valence-corrected chi connectivity index (χ3v) is 4.20. The predicted molar refractivity (Wildman–Crippen MR) is 104 cm³/mol. The highest BCUT2D eigenvalue weighted by Crippen LogP contribution is 2.24. The molecule has 0 spiro atoms. The molecule has 3 aromatic rings. The molecule has 0 atom stereocenters. The highest BCUT2D eigenvalue weighted by Gasteiger charge is 2.20. The summed E-state index contributed by atoms with van der Waals surface area (Å²) in [6, 6.07) is 11.5. The number of amides is 1. The first kappa shape index (κ1) is 17.9. The van der Waals surface area contributed by atoms with Gasteiger partial charge in [-0.3, -0.25) is 4.79 Å². The van der Waals surface area contributed by atoms with Crippen LogP contribution in [0.5, 0.6) is 5.88 Å². The van der Waals surface area contributed by atoms with Crippen molar-refractivity contribution >= 4 is 22.6 Å². The van der Waals surface area contributed by atoms with Crippen LogP contribution in [-0.4, -0.2) is 22.0 Å². The number of para-hydroxylation sites is 1. The molecule has 1 aromatic heterocycles. The van der Waals surface area contributed by atoms with Crippen molar-refractivity contribution < 1.29 is 9.53 Å². The lowest BCUT2D eigenvalue weighted by Crippen LogP contribution is -2.19. The van der Waals surface area contributed by atoms with Crippen molar-refractivity contribution in [3.05, 3.63) is 58.8 Å². The van der Waals surface area contributed by atoms with Crippen LogP contribution in [0.1, 0.15) is 41.0 Å². The van der Waals surface area contributed by atoms with Gasteiger partial charge in [-0.1, -0.05) is 18.2 Å². The first-order valence-electron chi connectivity index (χ1n) is 8.68. The lowest BCUT2D eigenvalue weighted by atomic mass is 10.1.